The van der Waals surface area contributed by atoms with Crippen LogP contribution in [0.2, 0.25) is 0 Å². The van der Waals surface area contributed by atoms with Crippen molar-refractivity contribution in [3.05, 3.63) is 38.4 Å². The Labute approximate surface area is 109 Å². The van der Waals surface area contributed by atoms with Crippen molar-refractivity contribution in [3.8, 4) is 0 Å². The first kappa shape index (κ1) is 13.2. The molecule has 1 aromatic rings. The zero-order chi connectivity index (χ0) is 14.0. The summed E-state index contributed by atoms with van der Waals surface area (Å²) in [6.45, 7) is 1.09. The molecule has 0 saturated carbocycles. The lowest BCUT2D eigenvalue weighted by Gasteiger charge is -2.25. The van der Waals surface area contributed by atoms with E-state index in [0.29, 0.717) is 18.8 Å². The van der Waals surface area contributed by atoms with E-state index >= 15 is 0 Å². The Kier molecular flexibility index (Phi) is 3.61. The molecule has 1 unspecified atom stereocenters. The molecular formula is C11H14N4O4. The number of benzene rings is 1. The van der Waals surface area contributed by atoms with Gasteiger partial charge in [-0.25, -0.2) is 0 Å². The molecule has 1 atom stereocenters. The summed E-state index contributed by atoms with van der Waals surface area (Å²) < 4.78 is 0. The number of nitro benzene ring substituents is 2. The molecule has 0 bridgehead atoms. The third kappa shape index (κ3) is 2.48. The van der Waals surface area contributed by atoms with Crippen molar-refractivity contribution in [2.75, 3.05) is 18.0 Å². The van der Waals surface area contributed by atoms with Crippen molar-refractivity contribution < 1.29 is 9.85 Å². The smallest absolute Gasteiger partial charge is 0.299 e. The number of anilines is 1. The van der Waals surface area contributed by atoms with Gasteiger partial charge in [-0.3, -0.25) is 20.2 Å². The van der Waals surface area contributed by atoms with E-state index in [2.05, 4.69) is 0 Å². The summed E-state index contributed by atoms with van der Waals surface area (Å²) in [4.78, 5) is 22.4. The minimum Gasteiger partial charge on any atom is -0.362 e. The normalized spacial score (nSPS) is 18.6. The predicted molar refractivity (Wildman–Crippen MR) is 69.2 cm³/mol. The minimum absolute atomic E-state index is 0.0557. The van der Waals surface area contributed by atoms with Crippen LogP contribution < -0.4 is 10.6 Å². The molecule has 0 aromatic heterocycles. The van der Waals surface area contributed by atoms with Gasteiger partial charge in [0.25, 0.3) is 11.4 Å². The molecule has 19 heavy (non-hydrogen) atoms. The molecule has 1 aliphatic heterocycles. The summed E-state index contributed by atoms with van der Waals surface area (Å²) >= 11 is 0. The highest BCUT2D eigenvalue weighted by molar-refractivity contribution is 5.67. The molecule has 0 spiro atoms. The van der Waals surface area contributed by atoms with Crippen LogP contribution in [0.3, 0.4) is 0 Å². The van der Waals surface area contributed by atoms with Gasteiger partial charge in [0.2, 0.25) is 0 Å². The fourth-order valence-electron chi connectivity index (χ4n) is 2.41. The lowest BCUT2D eigenvalue weighted by molar-refractivity contribution is -0.393. The molecule has 0 aliphatic carbocycles. The van der Waals surface area contributed by atoms with E-state index < -0.39 is 9.85 Å². The first-order chi connectivity index (χ1) is 9.04. The standard InChI is InChI=1S/C11H14N4O4/c12-7-9-2-1-5-13(9)10-4-3-8(14(16)17)6-11(10)15(18)19/h3-4,6,9H,1-2,5,7,12H2. The summed E-state index contributed by atoms with van der Waals surface area (Å²) in [5.41, 5.74) is 5.53. The summed E-state index contributed by atoms with van der Waals surface area (Å²) in [7, 11) is 0. The maximum atomic E-state index is 11.1. The summed E-state index contributed by atoms with van der Waals surface area (Å²) in [6.07, 6.45) is 1.79. The number of nitro groups is 2. The number of nitrogens with zero attached hydrogens (tertiary/aromatic N) is 3. The second-order valence-corrected chi connectivity index (χ2v) is 4.41. The van der Waals surface area contributed by atoms with E-state index in [1.165, 1.54) is 12.1 Å². The van der Waals surface area contributed by atoms with Gasteiger partial charge in [0.05, 0.1) is 15.9 Å². The molecule has 1 saturated heterocycles. The van der Waals surface area contributed by atoms with Gasteiger partial charge in [-0.2, -0.15) is 0 Å². The van der Waals surface area contributed by atoms with Crippen LogP contribution in [0.15, 0.2) is 18.2 Å². The van der Waals surface area contributed by atoms with Gasteiger partial charge in [-0.15, -0.1) is 0 Å². The van der Waals surface area contributed by atoms with Crippen molar-refractivity contribution >= 4 is 17.1 Å². The lowest BCUT2D eigenvalue weighted by Crippen LogP contribution is -2.35. The van der Waals surface area contributed by atoms with Gasteiger partial charge in [0.1, 0.15) is 5.69 Å². The van der Waals surface area contributed by atoms with Crippen LogP contribution in [0.25, 0.3) is 0 Å². The van der Waals surface area contributed by atoms with Gasteiger partial charge >= 0.3 is 0 Å². The van der Waals surface area contributed by atoms with Gasteiger partial charge < -0.3 is 10.6 Å². The fraction of sp³-hybridized carbons (Fsp3) is 0.455. The number of non-ortho nitro benzene ring substituents is 1. The molecule has 1 aliphatic rings. The van der Waals surface area contributed by atoms with E-state index in [4.69, 9.17) is 5.73 Å². The van der Waals surface area contributed by atoms with Crippen molar-refractivity contribution in [1.29, 1.82) is 0 Å². The minimum atomic E-state index is -0.638. The molecule has 0 amide bonds. The second kappa shape index (κ2) is 5.19. The average molecular weight is 266 g/mol. The third-order valence-corrected chi connectivity index (χ3v) is 3.33. The van der Waals surface area contributed by atoms with Crippen LogP contribution in [0, 0.1) is 20.2 Å². The van der Waals surface area contributed by atoms with Crippen LogP contribution in [-0.2, 0) is 0 Å². The van der Waals surface area contributed by atoms with E-state index in [1.54, 1.807) is 0 Å². The van der Waals surface area contributed by atoms with Crippen LogP contribution in [0.1, 0.15) is 12.8 Å². The Bertz CT molecular complexity index is 519. The van der Waals surface area contributed by atoms with E-state index in [0.717, 1.165) is 18.9 Å². The first-order valence-electron chi connectivity index (χ1n) is 5.94. The van der Waals surface area contributed by atoms with E-state index in [1.807, 2.05) is 4.90 Å². The molecule has 1 aromatic carbocycles. The summed E-state index contributed by atoms with van der Waals surface area (Å²) in [6, 6.07) is 3.78. The van der Waals surface area contributed by atoms with Crippen LogP contribution >= 0.6 is 0 Å². The molecule has 1 heterocycles. The maximum absolute atomic E-state index is 11.1. The molecule has 0 radical (unpaired) electrons. The Morgan fingerprint density at radius 2 is 2.05 bits per heavy atom. The van der Waals surface area contributed by atoms with Gasteiger partial charge in [-0.05, 0) is 18.9 Å². The number of hydrogen-bond donors (Lipinski definition) is 1. The van der Waals surface area contributed by atoms with E-state index in [9.17, 15) is 20.2 Å². The quantitative estimate of drug-likeness (QED) is 0.651. The Morgan fingerprint density at radius 3 is 2.63 bits per heavy atom. The SMILES string of the molecule is NCC1CCCN1c1ccc([N+](=O)[O-])cc1[N+](=O)[O-]. The lowest BCUT2D eigenvalue weighted by atomic mass is 10.2. The largest absolute Gasteiger partial charge is 0.362 e. The van der Waals surface area contributed by atoms with Gasteiger partial charge in [-0.1, -0.05) is 0 Å². The number of rotatable bonds is 4. The van der Waals surface area contributed by atoms with E-state index in [-0.39, 0.29) is 17.4 Å². The Morgan fingerprint density at radius 1 is 1.32 bits per heavy atom. The third-order valence-electron chi connectivity index (χ3n) is 3.33. The Balaban J connectivity index is 2.45. The second-order valence-electron chi connectivity index (χ2n) is 4.41. The molecule has 2 rings (SSSR count). The zero-order valence-electron chi connectivity index (χ0n) is 10.2. The van der Waals surface area contributed by atoms with Crippen molar-refractivity contribution in [2.24, 2.45) is 5.73 Å². The van der Waals surface area contributed by atoms with Crippen LogP contribution in [-0.4, -0.2) is 29.0 Å². The predicted octanol–water partition coefficient (Wildman–Crippen LogP) is 1.43. The average Bonchev–Trinajstić information content (AvgIpc) is 2.85. The highest BCUT2D eigenvalue weighted by atomic mass is 16.6. The summed E-state index contributed by atoms with van der Waals surface area (Å²) in [5.74, 6) is 0. The van der Waals surface area contributed by atoms with Crippen molar-refractivity contribution in [2.45, 2.75) is 18.9 Å². The van der Waals surface area contributed by atoms with Crippen molar-refractivity contribution in [3.63, 3.8) is 0 Å². The topological polar surface area (TPSA) is 116 Å². The Hall–Kier alpha value is -2.22. The van der Waals surface area contributed by atoms with Crippen LogP contribution in [0.5, 0.6) is 0 Å². The molecule has 8 nitrogen and oxygen atoms in total. The zero-order valence-corrected chi connectivity index (χ0v) is 10.2. The van der Waals surface area contributed by atoms with Gasteiger partial charge in [0.15, 0.2) is 0 Å². The van der Waals surface area contributed by atoms with Crippen LogP contribution in [0.4, 0.5) is 17.1 Å². The van der Waals surface area contributed by atoms with Crippen molar-refractivity contribution in [1.82, 2.24) is 0 Å². The molecule has 102 valence electrons. The monoisotopic (exact) mass is 266 g/mol. The highest BCUT2D eigenvalue weighted by Gasteiger charge is 2.30. The fourth-order valence-corrected chi connectivity index (χ4v) is 2.41. The first-order valence-corrected chi connectivity index (χ1v) is 5.94. The molecule has 1 fully saturated rings. The highest BCUT2D eigenvalue weighted by Crippen LogP contribution is 2.35. The molecule has 2 N–H and O–H groups in total. The molecule has 8 heteroatoms. The molecular weight excluding hydrogens is 252 g/mol. The number of nitrogens with two attached hydrogens (primary N) is 1. The maximum Gasteiger partial charge on any atom is 0.299 e. The summed E-state index contributed by atoms with van der Waals surface area (Å²) in [5, 5.41) is 21.8. The number of hydrogen-bond acceptors (Lipinski definition) is 6. The van der Waals surface area contributed by atoms with Gasteiger partial charge in [0, 0.05) is 25.2 Å².